The summed E-state index contributed by atoms with van der Waals surface area (Å²) in [5.74, 6) is -0.505. The van der Waals surface area contributed by atoms with Crippen LogP contribution in [0.5, 0.6) is 0 Å². The van der Waals surface area contributed by atoms with Crippen LogP contribution in [0.25, 0.3) is 17.0 Å². The van der Waals surface area contributed by atoms with Gasteiger partial charge in [-0.15, -0.1) is 0 Å². The first kappa shape index (κ1) is 16.3. The molecule has 6 nitrogen and oxygen atoms in total. The molecule has 0 unspecified atom stereocenters. The molecule has 23 heavy (non-hydrogen) atoms. The zero-order valence-electron chi connectivity index (χ0n) is 13.3. The van der Waals surface area contributed by atoms with Crippen molar-refractivity contribution in [2.24, 2.45) is 4.99 Å². The second-order valence-electron chi connectivity index (χ2n) is 5.04. The molecule has 0 atom stereocenters. The van der Waals surface area contributed by atoms with E-state index in [0.717, 1.165) is 16.5 Å². The molecule has 1 N–H and O–H groups in total. The van der Waals surface area contributed by atoms with Crippen LogP contribution >= 0.6 is 0 Å². The average Bonchev–Trinajstić information content (AvgIpc) is 2.94. The molecule has 0 aliphatic carbocycles. The molecular formula is C17H18N4O2. The molecule has 0 saturated heterocycles. The lowest BCUT2D eigenvalue weighted by Gasteiger charge is -2.05. The summed E-state index contributed by atoms with van der Waals surface area (Å²) in [6.45, 7) is 2.01. The highest BCUT2D eigenvalue weighted by atomic mass is 16.5. The van der Waals surface area contributed by atoms with E-state index in [1.807, 2.05) is 20.2 Å². The summed E-state index contributed by atoms with van der Waals surface area (Å²) in [6, 6.07) is 7.58. The van der Waals surface area contributed by atoms with Gasteiger partial charge in [0.1, 0.15) is 0 Å². The predicted octanol–water partition coefficient (Wildman–Crippen LogP) is 2.53. The molecule has 0 spiro atoms. The summed E-state index contributed by atoms with van der Waals surface area (Å²) in [5.41, 5.74) is 2.26. The number of hydrogen-bond acceptors (Lipinski definition) is 4. The van der Waals surface area contributed by atoms with Gasteiger partial charge in [-0.25, -0.2) is 9.79 Å². The maximum atomic E-state index is 12.1. The van der Waals surface area contributed by atoms with Crippen molar-refractivity contribution in [2.75, 3.05) is 20.7 Å². The lowest BCUT2D eigenvalue weighted by atomic mass is 10.1. The highest BCUT2D eigenvalue weighted by Gasteiger charge is 2.13. The summed E-state index contributed by atoms with van der Waals surface area (Å²) in [4.78, 5) is 21.1. The fourth-order valence-electron chi connectivity index (χ4n) is 2.10. The van der Waals surface area contributed by atoms with Gasteiger partial charge < -0.3 is 14.6 Å². The fourth-order valence-corrected chi connectivity index (χ4v) is 2.10. The third kappa shape index (κ3) is 3.77. The minimum Gasteiger partial charge on any atom is -0.461 e. The maximum absolute atomic E-state index is 12.1. The number of benzene rings is 1. The Morgan fingerprint density at radius 3 is 2.91 bits per heavy atom. The highest BCUT2D eigenvalue weighted by Crippen LogP contribution is 2.24. The standard InChI is InChI=1S/C17H18N4O2/c1-4-23-17(22)15(20-11-21(2)3)8-13-10-19-14-7-5-6-12(9-18)16(13)14/h5-8,10-11,19H,4H2,1-3H3/b15-8+,20-11?. The van der Waals surface area contributed by atoms with E-state index in [1.165, 1.54) is 6.34 Å². The number of H-pyrrole nitrogens is 1. The van der Waals surface area contributed by atoms with Crippen LogP contribution in [0.3, 0.4) is 0 Å². The number of esters is 1. The van der Waals surface area contributed by atoms with Crippen molar-refractivity contribution < 1.29 is 9.53 Å². The lowest BCUT2D eigenvalue weighted by molar-refractivity contribution is -0.138. The van der Waals surface area contributed by atoms with Gasteiger partial charge in [0.2, 0.25) is 0 Å². The van der Waals surface area contributed by atoms with E-state index in [1.54, 1.807) is 36.2 Å². The molecule has 0 saturated carbocycles. The molecule has 1 aromatic carbocycles. The third-order valence-electron chi connectivity index (χ3n) is 3.06. The largest absolute Gasteiger partial charge is 0.461 e. The molecule has 0 radical (unpaired) electrons. The van der Waals surface area contributed by atoms with Gasteiger partial charge in [0.05, 0.1) is 24.6 Å². The van der Waals surface area contributed by atoms with Gasteiger partial charge in [-0.1, -0.05) is 6.07 Å². The Labute approximate surface area is 134 Å². The lowest BCUT2D eigenvalue weighted by Crippen LogP contribution is -2.11. The first-order chi connectivity index (χ1) is 11.1. The number of hydrogen-bond donors (Lipinski definition) is 1. The van der Waals surface area contributed by atoms with Gasteiger partial charge in [0.25, 0.3) is 0 Å². The van der Waals surface area contributed by atoms with Crippen molar-refractivity contribution >= 4 is 29.3 Å². The molecule has 2 rings (SSSR count). The summed E-state index contributed by atoms with van der Waals surface area (Å²) in [5, 5.41) is 10.0. The molecule has 1 aromatic heterocycles. The Morgan fingerprint density at radius 2 is 2.26 bits per heavy atom. The maximum Gasteiger partial charge on any atom is 0.356 e. The summed E-state index contributed by atoms with van der Waals surface area (Å²) in [7, 11) is 3.62. The number of rotatable bonds is 5. The smallest absolute Gasteiger partial charge is 0.356 e. The van der Waals surface area contributed by atoms with Gasteiger partial charge in [0.15, 0.2) is 5.70 Å². The van der Waals surface area contributed by atoms with E-state index in [-0.39, 0.29) is 12.3 Å². The fraction of sp³-hybridized carbons (Fsp3) is 0.235. The van der Waals surface area contributed by atoms with Crippen LogP contribution in [0.15, 0.2) is 35.1 Å². The van der Waals surface area contributed by atoms with Crippen molar-refractivity contribution in [3.8, 4) is 6.07 Å². The highest BCUT2D eigenvalue weighted by molar-refractivity contribution is 6.00. The summed E-state index contributed by atoms with van der Waals surface area (Å²) >= 11 is 0. The van der Waals surface area contributed by atoms with Crippen molar-refractivity contribution in [1.29, 1.82) is 5.26 Å². The van der Waals surface area contributed by atoms with Gasteiger partial charge in [-0.2, -0.15) is 5.26 Å². The number of aromatic nitrogens is 1. The number of nitrogens with zero attached hydrogens (tertiary/aromatic N) is 3. The van der Waals surface area contributed by atoms with Gasteiger partial charge in [-0.3, -0.25) is 0 Å². The van der Waals surface area contributed by atoms with Crippen LogP contribution in [-0.2, 0) is 9.53 Å². The predicted molar refractivity (Wildman–Crippen MR) is 89.8 cm³/mol. The van der Waals surface area contributed by atoms with Crippen LogP contribution in [0.2, 0.25) is 0 Å². The molecule has 6 heteroatoms. The van der Waals surface area contributed by atoms with Crippen LogP contribution in [-0.4, -0.2) is 42.9 Å². The number of nitrogens with one attached hydrogen (secondary N) is 1. The Bertz CT molecular complexity index is 810. The quantitative estimate of drug-likeness (QED) is 0.398. The molecule has 0 fully saturated rings. The van der Waals surface area contributed by atoms with E-state index in [4.69, 9.17) is 4.74 Å². The van der Waals surface area contributed by atoms with E-state index in [0.29, 0.717) is 5.56 Å². The molecule has 0 amide bonds. The molecule has 0 bridgehead atoms. The van der Waals surface area contributed by atoms with Crippen LogP contribution in [0.1, 0.15) is 18.1 Å². The Hall–Kier alpha value is -3.07. The van der Waals surface area contributed by atoms with Crippen molar-refractivity contribution in [3.63, 3.8) is 0 Å². The number of carbonyl (C=O) groups is 1. The number of fused-ring (bicyclic) bond motifs is 1. The monoisotopic (exact) mass is 310 g/mol. The van der Waals surface area contributed by atoms with E-state index >= 15 is 0 Å². The molecule has 1 heterocycles. The second kappa shape index (κ2) is 7.27. The molecule has 0 aliphatic heterocycles. The topological polar surface area (TPSA) is 81.5 Å². The minimum absolute atomic E-state index is 0.175. The molecule has 0 aliphatic rings. The van der Waals surface area contributed by atoms with Crippen molar-refractivity contribution in [2.45, 2.75) is 6.92 Å². The van der Waals surface area contributed by atoms with Crippen molar-refractivity contribution in [1.82, 2.24) is 9.88 Å². The normalized spacial score (nSPS) is 11.7. The third-order valence-corrected chi connectivity index (χ3v) is 3.06. The first-order valence-electron chi connectivity index (χ1n) is 7.16. The number of aromatic amines is 1. The van der Waals surface area contributed by atoms with Crippen LogP contribution < -0.4 is 0 Å². The Morgan fingerprint density at radius 1 is 1.48 bits per heavy atom. The van der Waals surface area contributed by atoms with Gasteiger partial charge in [0, 0.05) is 36.8 Å². The van der Waals surface area contributed by atoms with Crippen LogP contribution in [0.4, 0.5) is 0 Å². The first-order valence-corrected chi connectivity index (χ1v) is 7.16. The molecule has 2 aromatic rings. The SMILES string of the molecule is CCOC(=O)/C(=C\c1c[nH]c2cccc(C#N)c12)N=CN(C)C. The van der Waals surface area contributed by atoms with Crippen molar-refractivity contribution in [3.05, 3.63) is 41.2 Å². The number of aliphatic imine (C=N–C) groups is 1. The number of ether oxygens (including phenoxy) is 1. The Kier molecular flexibility index (Phi) is 5.15. The molecule has 118 valence electrons. The second-order valence-corrected chi connectivity index (χ2v) is 5.04. The number of nitriles is 1. The zero-order chi connectivity index (χ0) is 16.8. The summed E-state index contributed by atoms with van der Waals surface area (Å²) < 4.78 is 5.04. The van der Waals surface area contributed by atoms with E-state index < -0.39 is 5.97 Å². The van der Waals surface area contributed by atoms with E-state index in [2.05, 4.69) is 16.0 Å². The van der Waals surface area contributed by atoms with Crippen LogP contribution in [0, 0.1) is 11.3 Å². The molecular weight excluding hydrogens is 292 g/mol. The van der Waals surface area contributed by atoms with Gasteiger partial charge >= 0.3 is 5.97 Å². The zero-order valence-corrected chi connectivity index (χ0v) is 13.3. The minimum atomic E-state index is -0.505. The van der Waals surface area contributed by atoms with E-state index in [9.17, 15) is 10.1 Å². The van der Waals surface area contributed by atoms with Gasteiger partial charge in [-0.05, 0) is 25.1 Å². The average molecular weight is 310 g/mol. The Balaban J connectivity index is 2.54. The number of carbonyl (C=O) groups excluding carboxylic acids is 1. The summed E-state index contributed by atoms with van der Waals surface area (Å²) in [6.07, 6.45) is 4.90.